The highest BCUT2D eigenvalue weighted by molar-refractivity contribution is 5.80. The van der Waals surface area contributed by atoms with E-state index in [0.29, 0.717) is 12.6 Å². The van der Waals surface area contributed by atoms with Gasteiger partial charge in [0.05, 0.1) is 0 Å². The largest absolute Gasteiger partial charge is 0.481 e. The molecule has 0 spiro atoms. The van der Waals surface area contributed by atoms with E-state index in [4.69, 9.17) is 4.74 Å². The zero-order valence-electron chi connectivity index (χ0n) is 17.6. The van der Waals surface area contributed by atoms with Crippen LogP contribution in [-0.4, -0.2) is 31.1 Å². The van der Waals surface area contributed by atoms with E-state index in [0.717, 1.165) is 38.0 Å². The fourth-order valence-electron chi connectivity index (χ4n) is 4.62. The molecule has 0 saturated carbocycles. The molecule has 4 nitrogen and oxygen atoms in total. The first-order valence-corrected chi connectivity index (χ1v) is 11.0. The summed E-state index contributed by atoms with van der Waals surface area (Å²) < 4.78 is 5.91. The minimum absolute atomic E-state index is 0.0439. The summed E-state index contributed by atoms with van der Waals surface area (Å²) in [6.45, 7) is 5.72. The lowest BCUT2D eigenvalue weighted by atomic mass is 9.92. The van der Waals surface area contributed by atoms with E-state index in [2.05, 4.69) is 53.5 Å². The van der Waals surface area contributed by atoms with Crippen molar-refractivity contribution in [2.75, 3.05) is 18.0 Å². The lowest BCUT2D eigenvalue weighted by molar-refractivity contribution is -0.127. The number of nitrogens with one attached hydrogen (secondary N) is 1. The molecule has 4 rings (SSSR count). The van der Waals surface area contributed by atoms with Gasteiger partial charge in [-0.2, -0.15) is 0 Å². The van der Waals surface area contributed by atoms with Gasteiger partial charge >= 0.3 is 0 Å². The molecule has 29 heavy (non-hydrogen) atoms. The number of anilines is 1. The molecule has 0 saturated heterocycles. The molecule has 2 unspecified atom stereocenters. The van der Waals surface area contributed by atoms with E-state index in [1.807, 2.05) is 13.0 Å². The SMILES string of the molecule is CC(Oc1ccc2c(c1)CCCC2)C(=O)NCCCN1c2ccccc2CC1C. The summed E-state index contributed by atoms with van der Waals surface area (Å²) in [5.74, 6) is 0.758. The van der Waals surface area contributed by atoms with Crippen LogP contribution in [0.1, 0.15) is 49.8 Å². The highest BCUT2D eigenvalue weighted by Crippen LogP contribution is 2.31. The Hall–Kier alpha value is -2.49. The van der Waals surface area contributed by atoms with E-state index in [1.54, 1.807) is 0 Å². The normalized spacial score (nSPS) is 18.7. The number of rotatable bonds is 7. The number of amides is 1. The number of carbonyl (C=O) groups excluding carboxylic acids is 1. The number of nitrogens with zero attached hydrogens (tertiary/aromatic N) is 1. The second-order valence-corrected chi connectivity index (χ2v) is 8.42. The minimum Gasteiger partial charge on any atom is -0.481 e. The van der Waals surface area contributed by atoms with Gasteiger partial charge in [0.25, 0.3) is 5.91 Å². The van der Waals surface area contributed by atoms with Crippen molar-refractivity contribution in [3.05, 3.63) is 59.2 Å². The maximum Gasteiger partial charge on any atom is 0.260 e. The fourth-order valence-corrected chi connectivity index (χ4v) is 4.62. The summed E-state index contributed by atoms with van der Waals surface area (Å²) in [4.78, 5) is 14.9. The number of carbonyl (C=O) groups is 1. The van der Waals surface area contributed by atoms with Gasteiger partial charge in [0.2, 0.25) is 0 Å². The Morgan fingerprint density at radius 1 is 1.14 bits per heavy atom. The Balaban J connectivity index is 1.23. The second-order valence-electron chi connectivity index (χ2n) is 8.42. The van der Waals surface area contributed by atoms with Crippen LogP contribution in [0.5, 0.6) is 5.75 Å². The lowest BCUT2D eigenvalue weighted by Gasteiger charge is -2.25. The smallest absolute Gasteiger partial charge is 0.260 e. The molecule has 4 heteroatoms. The summed E-state index contributed by atoms with van der Waals surface area (Å²) in [5.41, 5.74) is 5.58. The highest BCUT2D eigenvalue weighted by Gasteiger charge is 2.24. The zero-order valence-corrected chi connectivity index (χ0v) is 17.6. The summed E-state index contributed by atoms with van der Waals surface area (Å²) in [6.07, 6.45) is 6.34. The third kappa shape index (κ3) is 4.58. The van der Waals surface area contributed by atoms with Gasteiger partial charge in [-0.15, -0.1) is 0 Å². The van der Waals surface area contributed by atoms with E-state index in [-0.39, 0.29) is 5.91 Å². The zero-order chi connectivity index (χ0) is 20.2. The molecule has 1 aliphatic carbocycles. The molecule has 1 aliphatic heterocycles. The Labute approximate surface area is 174 Å². The third-order valence-corrected chi connectivity index (χ3v) is 6.23. The van der Waals surface area contributed by atoms with Crippen LogP contribution in [0.25, 0.3) is 0 Å². The lowest BCUT2D eigenvalue weighted by Crippen LogP contribution is -2.38. The number of benzene rings is 2. The van der Waals surface area contributed by atoms with Crippen LogP contribution in [0, 0.1) is 0 Å². The van der Waals surface area contributed by atoms with Crippen molar-refractivity contribution in [1.82, 2.24) is 5.32 Å². The molecule has 0 aromatic heterocycles. The molecule has 0 bridgehead atoms. The van der Waals surface area contributed by atoms with Gasteiger partial charge in [-0.1, -0.05) is 24.3 Å². The summed E-state index contributed by atoms with van der Waals surface area (Å²) in [7, 11) is 0. The Morgan fingerprint density at radius 2 is 1.93 bits per heavy atom. The number of para-hydroxylation sites is 1. The van der Waals surface area contributed by atoms with E-state index >= 15 is 0 Å². The molecule has 2 aromatic rings. The van der Waals surface area contributed by atoms with Crippen LogP contribution in [0.4, 0.5) is 5.69 Å². The standard InChI is InChI=1S/C25H32N2O2/c1-18-16-22-10-5-6-11-24(22)27(18)15-7-14-26-25(28)19(2)29-23-13-12-20-8-3-4-9-21(20)17-23/h5-6,10-13,17-19H,3-4,7-9,14-16H2,1-2H3,(H,26,28). The molecule has 0 radical (unpaired) electrons. The van der Waals surface area contributed by atoms with Crippen molar-refractivity contribution < 1.29 is 9.53 Å². The maximum atomic E-state index is 12.4. The molecule has 2 aromatic carbocycles. The molecule has 1 amide bonds. The van der Waals surface area contributed by atoms with Gasteiger partial charge in [-0.25, -0.2) is 0 Å². The quantitative estimate of drug-likeness (QED) is 0.715. The van der Waals surface area contributed by atoms with E-state index in [1.165, 1.54) is 35.2 Å². The summed E-state index contributed by atoms with van der Waals surface area (Å²) in [6, 6.07) is 15.4. The average molecular weight is 393 g/mol. The number of ether oxygens (including phenoxy) is 1. The number of aryl methyl sites for hydroxylation is 2. The first-order chi connectivity index (χ1) is 14.1. The topological polar surface area (TPSA) is 41.6 Å². The molecule has 1 N–H and O–H groups in total. The van der Waals surface area contributed by atoms with Crippen LogP contribution in [0.3, 0.4) is 0 Å². The predicted octanol–water partition coefficient (Wildman–Crippen LogP) is 4.29. The highest BCUT2D eigenvalue weighted by atomic mass is 16.5. The fraction of sp³-hybridized carbons (Fsp3) is 0.480. The Morgan fingerprint density at radius 3 is 2.79 bits per heavy atom. The first-order valence-electron chi connectivity index (χ1n) is 11.0. The number of fused-ring (bicyclic) bond motifs is 2. The molecule has 2 atom stereocenters. The maximum absolute atomic E-state index is 12.4. The number of hydrogen-bond donors (Lipinski definition) is 1. The van der Waals surface area contributed by atoms with Gasteiger partial charge in [0.1, 0.15) is 5.75 Å². The van der Waals surface area contributed by atoms with Crippen molar-refractivity contribution in [2.24, 2.45) is 0 Å². The second kappa shape index (κ2) is 8.89. The van der Waals surface area contributed by atoms with Crippen molar-refractivity contribution >= 4 is 11.6 Å². The van der Waals surface area contributed by atoms with Gasteiger partial charge in [-0.3, -0.25) is 4.79 Å². The third-order valence-electron chi connectivity index (χ3n) is 6.23. The van der Waals surface area contributed by atoms with Crippen LogP contribution in [0.2, 0.25) is 0 Å². The summed E-state index contributed by atoms with van der Waals surface area (Å²) >= 11 is 0. The van der Waals surface area contributed by atoms with Crippen LogP contribution in [0.15, 0.2) is 42.5 Å². The van der Waals surface area contributed by atoms with Crippen LogP contribution < -0.4 is 15.0 Å². The van der Waals surface area contributed by atoms with Crippen molar-refractivity contribution in [2.45, 2.75) is 64.5 Å². The van der Waals surface area contributed by atoms with Gasteiger partial charge < -0.3 is 15.0 Å². The summed E-state index contributed by atoms with van der Waals surface area (Å²) in [5, 5.41) is 3.04. The first kappa shape index (κ1) is 19.8. The van der Waals surface area contributed by atoms with Gasteiger partial charge in [0.15, 0.2) is 6.10 Å². The van der Waals surface area contributed by atoms with Gasteiger partial charge in [-0.05, 0) is 87.3 Å². The molecular weight excluding hydrogens is 360 g/mol. The van der Waals surface area contributed by atoms with Crippen molar-refractivity contribution in [3.63, 3.8) is 0 Å². The number of hydrogen-bond acceptors (Lipinski definition) is 3. The predicted molar refractivity (Wildman–Crippen MR) is 118 cm³/mol. The van der Waals surface area contributed by atoms with Crippen LogP contribution in [-0.2, 0) is 24.1 Å². The molecule has 0 fully saturated rings. The molecule has 2 aliphatic rings. The average Bonchev–Trinajstić information content (AvgIpc) is 3.06. The molecule has 154 valence electrons. The van der Waals surface area contributed by atoms with Crippen LogP contribution >= 0.6 is 0 Å². The van der Waals surface area contributed by atoms with Gasteiger partial charge in [0, 0.05) is 24.8 Å². The molecular formula is C25H32N2O2. The van der Waals surface area contributed by atoms with Crippen molar-refractivity contribution in [3.8, 4) is 5.75 Å². The Bertz CT molecular complexity index is 864. The Kier molecular flexibility index (Phi) is 6.08. The monoisotopic (exact) mass is 392 g/mol. The van der Waals surface area contributed by atoms with E-state index in [9.17, 15) is 4.79 Å². The van der Waals surface area contributed by atoms with Crippen molar-refractivity contribution in [1.29, 1.82) is 0 Å². The molecule has 1 heterocycles. The van der Waals surface area contributed by atoms with E-state index < -0.39 is 6.10 Å². The minimum atomic E-state index is -0.483.